The molecule has 3 aromatic rings. The number of carbonyl (C=O) groups is 1. The van der Waals surface area contributed by atoms with Crippen molar-refractivity contribution in [3.63, 3.8) is 0 Å². The minimum absolute atomic E-state index is 0.146. The molecule has 0 unspecified atom stereocenters. The van der Waals surface area contributed by atoms with Crippen molar-refractivity contribution < 1.29 is 22.3 Å². The maximum Gasteiger partial charge on any atom is 0.279 e. The fourth-order valence-corrected chi connectivity index (χ4v) is 3.39. The maximum atomic E-state index is 13.0. The van der Waals surface area contributed by atoms with Crippen LogP contribution in [-0.2, 0) is 10.0 Å². The first-order chi connectivity index (χ1) is 12.9. The second-order valence-corrected chi connectivity index (χ2v) is 7.03. The molecule has 0 aliphatic carbocycles. The van der Waals surface area contributed by atoms with Crippen LogP contribution < -0.4 is 14.8 Å². The van der Waals surface area contributed by atoms with Crippen LogP contribution in [0.25, 0.3) is 0 Å². The molecule has 0 aliphatic heterocycles. The van der Waals surface area contributed by atoms with Crippen molar-refractivity contribution in [1.29, 1.82) is 0 Å². The summed E-state index contributed by atoms with van der Waals surface area (Å²) in [5.74, 6) is -0.546. The Morgan fingerprint density at radius 2 is 1.70 bits per heavy atom. The number of nitrogens with zero attached hydrogens (tertiary/aromatic N) is 1. The second kappa shape index (κ2) is 7.46. The molecule has 0 aliphatic rings. The molecule has 1 aromatic heterocycles. The summed E-state index contributed by atoms with van der Waals surface area (Å²) in [6.45, 7) is 0. The van der Waals surface area contributed by atoms with Crippen LogP contribution in [0.15, 0.2) is 59.8 Å². The van der Waals surface area contributed by atoms with Crippen molar-refractivity contribution in [2.24, 2.45) is 0 Å². The number of sulfonamides is 1. The van der Waals surface area contributed by atoms with Crippen molar-refractivity contribution in [2.45, 2.75) is 5.03 Å². The molecule has 0 saturated carbocycles. The lowest BCUT2D eigenvalue weighted by Gasteiger charge is -2.09. The molecule has 1 heterocycles. The van der Waals surface area contributed by atoms with Crippen LogP contribution in [0.5, 0.6) is 5.75 Å². The molecule has 0 atom stereocenters. The van der Waals surface area contributed by atoms with Gasteiger partial charge in [0.2, 0.25) is 0 Å². The van der Waals surface area contributed by atoms with Crippen molar-refractivity contribution in [1.82, 2.24) is 10.2 Å². The van der Waals surface area contributed by atoms with E-state index in [1.165, 1.54) is 19.2 Å². The summed E-state index contributed by atoms with van der Waals surface area (Å²) in [6, 6.07) is 11.3. The molecule has 0 radical (unpaired) electrons. The monoisotopic (exact) mass is 390 g/mol. The number of nitrogens with one attached hydrogen (secondary N) is 3. The molecule has 27 heavy (non-hydrogen) atoms. The van der Waals surface area contributed by atoms with Gasteiger partial charge in [-0.1, -0.05) is 0 Å². The number of aromatic amines is 1. The van der Waals surface area contributed by atoms with E-state index in [-0.39, 0.29) is 11.3 Å². The zero-order valence-corrected chi connectivity index (χ0v) is 14.9. The van der Waals surface area contributed by atoms with Crippen LogP contribution in [0.2, 0.25) is 0 Å². The van der Waals surface area contributed by atoms with E-state index in [9.17, 15) is 17.6 Å². The van der Waals surface area contributed by atoms with E-state index in [1.807, 2.05) is 0 Å². The summed E-state index contributed by atoms with van der Waals surface area (Å²) in [5.41, 5.74) is 0.435. The van der Waals surface area contributed by atoms with E-state index < -0.39 is 26.8 Å². The fourth-order valence-electron chi connectivity index (χ4n) is 2.24. The van der Waals surface area contributed by atoms with Crippen molar-refractivity contribution in [3.05, 3.63) is 66.1 Å². The minimum atomic E-state index is -4.13. The van der Waals surface area contributed by atoms with Gasteiger partial charge in [0.05, 0.1) is 18.9 Å². The molecule has 3 rings (SSSR count). The molecule has 8 nitrogen and oxygen atoms in total. The first kappa shape index (κ1) is 18.4. The fraction of sp³-hybridized carbons (Fsp3) is 0.0588. The maximum absolute atomic E-state index is 13.0. The summed E-state index contributed by atoms with van der Waals surface area (Å²) < 4.78 is 45.3. The molecule has 0 fully saturated rings. The third-order valence-electron chi connectivity index (χ3n) is 3.56. The van der Waals surface area contributed by atoms with Crippen LogP contribution >= 0.6 is 0 Å². The molecule has 10 heteroatoms. The van der Waals surface area contributed by atoms with Gasteiger partial charge in [-0.25, -0.2) is 4.39 Å². The summed E-state index contributed by atoms with van der Waals surface area (Å²) in [6.07, 6.45) is 1.11. The molecule has 140 valence electrons. The molecule has 0 saturated heterocycles. The molecule has 3 N–H and O–H groups in total. The number of ether oxygens (including phenoxy) is 1. The average molecular weight is 390 g/mol. The highest BCUT2D eigenvalue weighted by Gasteiger charge is 2.25. The zero-order valence-electron chi connectivity index (χ0n) is 14.1. The summed E-state index contributed by atoms with van der Waals surface area (Å²) in [7, 11) is -2.61. The first-order valence-electron chi connectivity index (χ1n) is 7.66. The Morgan fingerprint density at radius 1 is 1.07 bits per heavy atom. The van der Waals surface area contributed by atoms with E-state index in [1.54, 1.807) is 24.3 Å². The first-order valence-corrected chi connectivity index (χ1v) is 9.14. The number of rotatable bonds is 6. The van der Waals surface area contributed by atoms with Gasteiger partial charge in [-0.15, -0.1) is 0 Å². The van der Waals surface area contributed by atoms with Crippen LogP contribution in [-0.4, -0.2) is 31.6 Å². The molecule has 0 bridgehead atoms. The SMILES string of the molecule is COc1ccc(NC(=O)c2cn[nH]c2S(=O)(=O)Nc2ccc(F)cc2)cc1. The second-order valence-electron chi connectivity index (χ2n) is 5.41. The van der Waals surface area contributed by atoms with Crippen molar-refractivity contribution >= 4 is 27.3 Å². The molecular weight excluding hydrogens is 375 g/mol. The van der Waals surface area contributed by atoms with Gasteiger partial charge in [0.25, 0.3) is 15.9 Å². The van der Waals surface area contributed by atoms with Crippen molar-refractivity contribution in [3.8, 4) is 5.75 Å². The Balaban J connectivity index is 1.81. The van der Waals surface area contributed by atoms with E-state index in [0.29, 0.717) is 11.4 Å². The van der Waals surface area contributed by atoms with E-state index in [2.05, 4.69) is 20.2 Å². The Hall–Kier alpha value is -3.40. The van der Waals surface area contributed by atoms with Gasteiger partial charge < -0.3 is 10.1 Å². The number of hydrogen-bond donors (Lipinski definition) is 3. The van der Waals surface area contributed by atoms with Gasteiger partial charge in [0, 0.05) is 11.4 Å². The molecule has 2 aromatic carbocycles. The number of carbonyl (C=O) groups excluding carboxylic acids is 1. The number of anilines is 2. The van der Waals surface area contributed by atoms with Crippen molar-refractivity contribution in [2.75, 3.05) is 17.1 Å². The smallest absolute Gasteiger partial charge is 0.279 e. The number of benzene rings is 2. The van der Waals surface area contributed by atoms with E-state index in [0.717, 1.165) is 18.3 Å². The molecular formula is C17H15FN4O4S. The number of halogens is 1. The third kappa shape index (κ3) is 4.23. The normalized spacial score (nSPS) is 11.0. The highest BCUT2D eigenvalue weighted by molar-refractivity contribution is 7.92. The summed E-state index contributed by atoms with van der Waals surface area (Å²) in [4.78, 5) is 12.5. The Kier molecular flexibility index (Phi) is 5.08. The van der Waals surface area contributed by atoms with Crippen LogP contribution in [0.4, 0.5) is 15.8 Å². The van der Waals surface area contributed by atoms with Gasteiger partial charge in [0.1, 0.15) is 11.6 Å². The van der Waals surface area contributed by atoms with Gasteiger partial charge in [0.15, 0.2) is 5.03 Å². The number of H-pyrrole nitrogens is 1. The highest BCUT2D eigenvalue weighted by atomic mass is 32.2. The standard InChI is InChI=1S/C17H15FN4O4S/c1-26-14-8-6-12(7-9-14)20-16(23)15-10-19-21-17(15)27(24,25)22-13-4-2-11(18)3-5-13/h2-10,22H,1H3,(H,19,21)(H,20,23). The van der Waals surface area contributed by atoms with E-state index in [4.69, 9.17) is 4.74 Å². The number of amides is 1. The molecule has 1 amide bonds. The van der Waals surface area contributed by atoms with Gasteiger partial charge in [-0.2, -0.15) is 13.5 Å². The van der Waals surface area contributed by atoms with E-state index >= 15 is 0 Å². The number of aromatic nitrogens is 2. The highest BCUT2D eigenvalue weighted by Crippen LogP contribution is 2.20. The topological polar surface area (TPSA) is 113 Å². The minimum Gasteiger partial charge on any atom is -0.497 e. The largest absolute Gasteiger partial charge is 0.497 e. The summed E-state index contributed by atoms with van der Waals surface area (Å²) >= 11 is 0. The Bertz CT molecular complexity index is 1050. The third-order valence-corrected chi connectivity index (χ3v) is 4.92. The Labute approximate surface area is 154 Å². The predicted octanol–water partition coefficient (Wildman–Crippen LogP) is 2.61. The lowest BCUT2D eigenvalue weighted by atomic mass is 10.2. The van der Waals surface area contributed by atoms with Crippen LogP contribution in [0.3, 0.4) is 0 Å². The van der Waals surface area contributed by atoms with Gasteiger partial charge >= 0.3 is 0 Å². The van der Waals surface area contributed by atoms with Crippen LogP contribution in [0, 0.1) is 5.82 Å². The zero-order chi connectivity index (χ0) is 19.4. The molecule has 0 spiro atoms. The lowest BCUT2D eigenvalue weighted by molar-refractivity contribution is 0.102. The van der Waals surface area contributed by atoms with Gasteiger partial charge in [-0.05, 0) is 48.5 Å². The predicted molar refractivity (Wildman–Crippen MR) is 96.7 cm³/mol. The number of hydrogen-bond acceptors (Lipinski definition) is 5. The number of methoxy groups -OCH3 is 1. The lowest BCUT2D eigenvalue weighted by Crippen LogP contribution is -2.19. The average Bonchev–Trinajstić information content (AvgIpc) is 3.15. The van der Waals surface area contributed by atoms with Gasteiger partial charge in [-0.3, -0.25) is 14.6 Å². The quantitative estimate of drug-likeness (QED) is 0.599. The summed E-state index contributed by atoms with van der Waals surface area (Å²) in [5, 5.41) is 8.13. The van der Waals surface area contributed by atoms with Crippen LogP contribution in [0.1, 0.15) is 10.4 Å². The Morgan fingerprint density at radius 3 is 2.33 bits per heavy atom.